The monoisotopic (exact) mass is 374 g/mol. The van der Waals surface area contributed by atoms with Gasteiger partial charge in [0.15, 0.2) is 0 Å². The van der Waals surface area contributed by atoms with E-state index in [2.05, 4.69) is 37.6 Å². The molecule has 0 saturated carbocycles. The number of nitrogens with zero attached hydrogens (tertiary/aromatic N) is 5. The number of H-pyrrole nitrogens is 1. The molecule has 0 atom stereocenters. The molecule has 1 N–H and O–H groups in total. The first-order valence-corrected chi connectivity index (χ1v) is 9.15. The van der Waals surface area contributed by atoms with Crippen LogP contribution in [0.2, 0.25) is 0 Å². The van der Waals surface area contributed by atoms with Crippen molar-refractivity contribution >= 4 is 6.08 Å². The molecule has 7 heteroatoms. The molecule has 0 radical (unpaired) electrons. The highest BCUT2D eigenvalue weighted by Crippen LogP contribution is 2.27. The summed E-state index contributed by atoms with van der Waals surface area (Å²) in [6.07, 6.45) is 7.93. The smallest absolute Gasteiger partial charge is 0.251 e. The minimum Gasteiger partial charge on any atom is -0.367 e. The van der Waals surface area contributed by atoms with E-state index in [1.807, 2.05) is 37.0 Å². The fourth-order valence-electron chi connectivity index (χ4n) is 3.45. The maximum Gasteiger partial charge on any atom is 0.251 e. The number of hydrogen-bond acceptors (Lipinski definition) is 5. The molecule has 1 aliphatic heterocycles. The number of nitrogens with one attached hydrogen (secondary N) is 1. The molecule has 1 aliphatic rings. The molecular weight excluding hydrogens is 352 g/mol. The summed E-state index contributed by atoms with van der Waals surface area (Å²) in [4.78, 5) is 25.3. The molecular formula is C21H22N6O. The van der Waals surface area contributed by atoms with Gasteiger partial charge in [-0.1, -0.05) is 6.58 Å². The number of aromatic amines is 1. The molecule has 7 nitrogen and oxygen atoms in total. The highest BCUT2D eigenvalue weighted by molar-refractivity contribution is 5.59. The molecule has 0 spiro atoms. The second-order valence-corrected chi connectivity index (χ2v) is 6.93. The molecule has 0 bridgehead atoms. The first kappa shape index (κ1) is 17.9. The molecule has 3 aromatic rings. The Morgan fingerprint density at radius 3 is 2.89 bits per heavy atom. The van der Waals surface area contributed by atoms with E-state index >= 15 is 0 Å². The van der Waals surface area contributed by atoms with E-state index in [-0.39, 0.29) is 5.56 Å². The van der Waals surface area contributed by atoms with Gasteiger partial charge in [-0.15, -0.1) is 0 Å². The van der Waals surface area contributed by atoms with Gasteiger partial charge in [-0.05, 0) is 36.3 Å². The quantitative estimate of drug-likeness (QED) is 0.710. The van der Waals surface area contributed by atoms with Crippen LogP contribution in [0.1, 0.15) is 24.0 Å². The second kappa shape index (κ2) is 7.26. The normalized spacial score (nSPS) is 14.1. The summed E-state index contributed by atoms with van der Waals surface area (Å²) < 4.78 is 1.85. The summed E-state index contributed by atoms with van der Waals surface area (Å²) in [5.41, 5.74) is 6.15. The van der Waals surface area contributed by atoms with Crippen LogP contribution in [0.15, 0.2) is 59.4 Å². The number of allylic oxidation sites excluding steroid dienone is 1. The van der Waals surface area contributed by atoms with E-state index in [0.717, 1.165) is 47.7 Å². The Balaban J connectivity index is 1.57. The fourth-order valence-corrected chi connectivity index (χ4v) is 3.45. The lowest BCUT2D eigenvalue weighted by atomic mass is 10.0. The van der Waals surface area contributed by atoms with Crippen molar-refractivity contribution in [2.24, 2.45) is 7.05 Å². The Morgan fingerprint density at radius 2 is 2.14 bits per heavy atom. The zero-order chi connectivity index (χ0) is 19.7. The number of aryl methyl sites for hydroxylation is 1. The van der Waals surface area contributed by atoms with Gasteiger partial charge in [-0.2, -0.15) is 5.10 Å². The summed E-state index contributed by atoms with van der Waals surface area (Å²) in [7, 11) is 1.93. The number of rotatable bonds is 4. The zero-order valence-corrected chi connectivity index (χ0v) is 16.0. The van der Waals surface area contributed by atoms with Gasteiger partial charge in [0.2, 0.25) is 0 Å². The molecule has 28 heavy (non-hydrogen) atoms. The van der Waals surface area contributed by atoms with Gasteiger partial charge < -0.3 is 9.88 Å². The summed E-state index contributed by atoms with van der Waals surface area (Å²) in [6.45, 7) is 7.84. The average Bonchev–Trinajstić information content (AvgIpc) is 3.12. The van der Waals surface area contributed by atoms with Crippen molar-refractivity contribution in [2.45, 2.75) is 19.9 Å². The average molecular weight is 374 g/mol. The predicted octanol–water partition coefficient (Wildman–Crippen LogP) is 2.54. The van der Waals surface area contributed by atoms with Gasteiger partial charge >= 0.3 is 0 Å². The van der Waals surface area contributed by atoms with Crippen LogP contribution in [-0.2, 0) is 20.0 Å². The molecule has 0 fully saturated rings. The number of aromatic nitrogens is 5. The lowest BCUT2D eigenvalue weighted by molar-refractivity contribution is 0.326. The first-order valence-electron chi connectivity index (χ1n) is 9.15. The van der Waals surface area contributed by atoms with E-state index in [0.29, 0.717) is 5.82 Å². The Labute approximate surface area is 163 Å². The second-order valence-electron chi connectivity index (χ2n) is 6.93. The van der Waals surface area contributed by atoms with Crippen LogP contribution in [0, 0.1) is 0 Å². The molecule has 142 valence electrons. The third kappa shape index (κ3) is 3.51. The summed E-state index contributed by atoms with van der Waals surface area (Å²) >= 11 is 0. The lowest BCUT2D eigenvalue weighted by Gasteiger charge is -2.32. The largest absolute Gasteiger partial charge is 0.367 e. The summed E-state index contributed by atoms with van der Waals surface area (Å²) in [5.74, 6) is 0.531. The highest BCUT2D eigenvalue weighted by atomic mass is 16.1. The van der Waals surface area contributed by atoms with Gasteiger partial charge in [0.05, 0.1) is 5.69 Å². The van der Waals surface area contributed by atoms with Crippen molar-refractivity contribution in [3.63, 3.8) is 0 Å². The zero-order valence-electron chi connectivity index (χ0n) is 16.0. The Bertz CT molecular complexity index is 1120. The van der Waals surface area contributed by atoms with Gasteiger partial charge in [-0.25, -0.2) is 4.98 Å². The molecule has 0 amide bonds. The topological polar surface area (TPSA) is 79.7 Å². The van der Waals surface area contributed by atoms with Crippen molar-refractivity contribution in [2.75, 3.05) is 6.54 Å². The van der Waals surface area contributed by atoms with Gasteiger partial charge in [-0.3, -0.25) is 14.5 Å². The standard InChI is InChI=1S/C21H22N6O/c1-14(10-20-22-7-5-21(28)25-20)15(2)27-9-6-18-17(13-27)11-16(12-23-18)19-4-8-24-26(19)3/h4-5,7-8,10-12H,2,6,9,13H2,1,3H3,(H,22,25,28)/b14-10-. The van der Waals surface area contributed by atoms with Gasteiger partial charge in [0.1, 0.15) is 5.82 Å². The fraction of sp³-hybridized carbons (Fsp3) is 0.238. The number of hydrogen-bond donors (Lipinski definition) is 1. The maximum atomic E-state index is 11.5. The summed E-state index contributed by atoms with van der Waals surface area (Å²) in [6, 6.07) is 5.58. The van der Waals surface area contributed by atoms with Crippen molar-refractivity contribution in [3.05, 3.63) is 82.1 Å². The lowest BCUT2D eigenvalue weighted by Crippen LogP contribution is -2.30. The van der Waals surface area contributed by atoms with Crippen LogP contribution in [0.3, 0.4) is 0 Å². The molecule has 0 saturated heterocycles. The van der Waals surface area contributed by atoms with Gasteiger partial charge in [0.25, 0.3) is 5.56 Å². The number of pyridine rings is 1. The van der Waals surface area contributed by atoms with Crippen LogP contribution >= 0.6 is 0 Å². The van der Waals surface area contributed by atoms with Crippen LogP contribution < -0.4 is 5.56 Å². The molecule has 4 rings (SSSR count). The van der Waals surface area contributed by atoms with Crippen molar-refractivity contribution < 1.29 is 0 Å². The molecule has 0 aliphatic carbocycles. The minimum atomic E-state index is -0.166. The van der Waals surface area contributed by atoms with E-state index in [1.54, 1.807) is 6.20 Å². The predicted molar refractivity (Wildman–Crippen MR) is 108 cm³/mol. The molecule has 0 aromatic carbocycles. The molecule has 4 heterocycles. The minimum absolute atomic E-state index is 0.166. The van der Waals surface area contributed by atoms with E-state index < -0.39 is 0 Å². The molecule has 0 unspecified atom stereocenters. The Morgan fingerprint density at radius 1 is 1.29 bits per heavy atom. The van der Waals surface area contributed by atoms with Crippen LogP contribution in [0.5, 0.6) is 0 Å². The van der Waals surface area contributed by atoms with Crippen LogP contribution in [-0.4, -0.2) is 36.2 Å². The number of fused-ring (bicyclic) bond motifs is 1. The van der Waals surface area contributed by atoms with Crippen LogP contribution in [0.25, 0.3) is 17.3 Å². The van der Waals surface area contributed by atoms with Crippen molar-refractivity contribution in [3.8, 4) is 11.3 Å². The maximum absolute atomic E-state index is 11.5. The van der Waals surface area contributed by atoms with Crippen LogP contribution in [0.4, 0.5) is 0 Å². The Kier molecular flexibility index (Phi) is 4.65. The van der Waals surface area contributed by atoms with Crippen molar-refractivity contribution in [1.29, 1.82) is 0 Å². The highest BCUT2D eigenvalue weighted by Gasteiger charge is 2.20. The Hall–Kier alpha value is -3.48. The van der Waals surface area contributed by atoms with Crippen molar-refractivity contribution in [1.82, 2.24) is 29.6 Å². The molecule has 3 aromatic heterocycles. The van der Waals surface area contributed by atoms with Gasteiger partial charge in [0, 0.05) is 68.2 Å². The van der Waals surface area contributed by atoms with E-state index in [1.165, 1.54) is 17.8 Å². The van der Waals surface area contributed by atoms with E-state index in [4.69, 9.17) is 0 Å². The third-order valence-electron chi connectivity index (χ3n) is 5.04. The third-order valence-corrected chi connectivity index (χ3v) is 5.04. The SMILES string of the molecule is C=C(/C(C)=C\c1nccc(=O)[nH]1)N1CCc2ncc(-c3ccnn3C)cc2C1. The van der Waals surface area contributed by atoms with E-state index in [9.17, 15) is 4.79 Å². The first-order chi connectivity index (χ1) is 13.5. The summed E-state index contributed by atoms with van der Waals surface area (Å²) in [5, 5.41) is 4.24.